The first kappa shape index (κ1) is 18.5. The number of halogens is 2. The summed E-state index contributed by atoms with van der Waals surface area (Å²) in [6.07, 6.45) is 9.22. The zero-order valence-electron chi connectivity index (χ0n) is 15.1. The highest BCUT2D eigenvalue weighted by Gasteiger charge is 2.27. The van der Waals surface area contributed by atoms with Crippen LogP contribution in [0.5, 0.6) is 0 Å². The Kier molecular flexibility index (Phi) is 5.24. The maximum Gasteiger partial charge on any atom is 0.176 e. The molecule has 2 heterocycles. The van der Waals surface area contributed by atoms with Gasteiger partial charge in [-0.2, -0.15) is 0 Å². The Hall–Kier alpha value is -1.85. The molecular formula is C20H23Cl2N5. The maximum absolute atomic E-state index is 6.01. The highest BCUT2D eigenvalue weighted by atomic mass is 35.5. The average molecular weight is 404 g/mol. The van der Waals surface area contributed by atoms with Gasteiger partial charge >= 0.3 is 0 Å². The van der Waals surface area contributed by atoms with Gasteiger partial charge in [0.1, 0.15) is 11.3 Å². The highest BCUT2D eigenvalue weighted by molar-refractivity contribution is 6.30. The van der Waals surface area contributed by atoms with Crippen LogP contribution in [-0.2, 0) is 6.54 Å². The fourth-order valence-electron chi connectivity index (χ4n) is 3.75. The van der Waals surface area contributed by atoms with E-state index in [1.807, 2.05) is 30.6 Å². The number of aromatic nitrogens is 4. The zero-order valence-corrected chi connectivity index (χ0v) is 16.6. The third kappa shape index (κ3) is 3.90. The Morgan fingerprint density at radius 3 is 2.56 bits per heavy atom. The summed E-state index contributed by atoms with van der Waals surface area (Å²) in [5, 5.41) is 0.753. The second-order valence-electron chi connectivity index (χ2n) is 7.48. The van der Waals surface area contributed by atoms with Crippen molar-refractivity contribution in [3.05, 3.63) is 52.5 Å². The number of nitrogens with zero attached hydrogens (tertiary/aromatic N) is 4. The van der Waals surface area contributed by atoms with Gasteiger partial charge in [-0.1, -0.05) is 36.6 Å². The van der Waals surface area contributed by atoms with Crippen molar-refractivity contribution >= 4 is 35.2 Å². The van der Waals surface area contributed by atoms with Crippen LogP contribution in [0.25, 0.3) is 11.2 Å². The number of benzene rings is 1. The molecule has 5 rings (SSSR count). The van der Waals surface area contributed by atoms with Crippen molar-refractivity contribution in [3.8, 4) is 0 Å². The normalized spacial score (nSPS) is 18.2. The van der Waals surface area contributed by atoms with Gasteiger partial charge in [0.15, 0.2) is 11.1 Å². The van der Waals surface area contributed by atoms with Crippen LogP contribution >= 0.6 is 24.0 Å². The second-order valence-corrected chi connectivity index (χ2v) is 7.92. The molecule has 2 fully saturated rings. The Morgan fingerprint density at radius 1 is 1.11 bits per heavy atom. The topological polar surface area (TPSA) is 58.9 Å². The van der Waals surface area contributed by atoms with Crippen LogP contribution in [0.1, 0.15) is 55.8 Å². The Bertz CT molecular complexity index is 995. The number of fused-ring (bicyclic) bond motifs is 1. The van der Waals surface area contributed by atoms with Crippen molar-refractivity contribution in [3.63, 3.8) is 0 Å². The lowest BCUT2D eigenvalue weighted by atomic mass is 10.2. The van der Waals surface area contributed by atoms with Crippen LogP contribution in [0.15, 0.2) is 35.6 Å². The number of imidazole rings is 1. The van der Waals surface area contributed by atoms with E-state index in [1.165, 1.54) is 44.1 Å². The summed E-state index contributed by atoms with van der Waals surface area (Å²) >= 11 is 6.01. The van der Waals surface area contributed by atoms with Gasteiger partial charge in [-0.3, -0.25) is 4.99 Å². The molecule has 2 aliphatic rings. The number of hydrogen-bond donors (Lipinski definition) is 1. The summed E-state index contributed by atoms with van der Waals surface area (Å²) in [5.74, 6) is 1.66. The van der Waals surface area contributed by atoms with Gasteiger partial charge in [0.2, 0.25) is 0 Å². The maximum atomic E-state index is 6.01. The number of nitrogens with one attached hydrogen (secondary N) is 1. The van der Waals surface area contributed by atoms with E-state index in [4.69, 9.17) is 21.6 Å². The van der Waals surface area contributed by atoms with Crippen LogP contribution in [-0.4, -0.2) is 25.6 Å². The molecule has 7 heteroatoms. The van der Waals surface area contributed by atoms with E-state index >= 15 is 0 Å². The summed E-state index contributed by atoms with van der Waals surface area (Å²) in [4.78, 5) is 18.0. The van der Waals surface area contributed by atoms with Gasteiger partial charge < -0.3 is 9.55 Å². The van der Waals surface area contributed by atoms with Crippen LogP contribution < -0.4 is 5.49 Å². The molecule has 2 saturated carbocycles. The largest absolute Gasteiger partial charge is 0.337 e. The molecule has 27 heavy (non-hydrogen) atoms. The highest BCUT2D eigenvalue weighted by Crippen LogP contribution is 2.38. The molecule has 0 radical (unpaired) electrons. The minimum Gasteiger partial charge on any atom is -0.337 e. The van der Waals surface area contributed by atoms with E-state index in [2.05, 4.69) is 14.5 Å². The minimum absolute atomic E-state index is 0. The van der Waals surface area contributed by atoms with E-state index in [0.717, 1.165) is 34.0 Å². The molecule has 0 aliphatic heterocycles. The molecule has 0 atom stereocenters. The van der Waals surface area contributed by atoms with Gasteiger partial charge in [-0.25, -0.2) is 9.97 Å². The smallest absolute Gasteiger partial charge is 0.176 e. The third-order valence-corrected chi connectivity index (χ3v) is 5.63. The standard InChI is InChI=1S/C20H22ClN5.ClH/c21-15-9-5-13(6-10-15)11-26-12-22-19(23-16-3-1-2-4-16)17-20(26)25-18(24-17)14-7-8-14;/h5-6,9-10,12,14,16H,1-4,7-8,11H2,(H,24,25);1H. The van der Waals surface area contributed by atoms with Gasteiger partial charge in [0, 0.05) is 10.9 Å². The molecule has 0 spiro atoms. The Balaban J connectivity index is 0.00000180. The lowest BCUT2D eigenvalue weighted by Gasteiger charge is -2.08. The predicted molar refractivity (Wildman–Crippen MR) is 109 cm³/mol. The van der Waals surface area contributed by atoms with Crippen molar-refractivity contribution in [1.29, 1.82) is 0 Å². The van der Waals surface area contributed by atoms with Gasteiger partial charge in [0.05, 0.1) is 18.9 Å². The molecule has 1 N–H and O–H groups in total. The molecule has 0 amide bonds. The predicted octanol–water partition coefficient (Wildman–Crippen LogP) is 4.60. The van der Waals surface area contributed by atoms with E-state index < -0.39 is 0 Å². The minimum atomic E-state index is 0. The lowest BCUT2D eigenvalue weighted by Crippen LogP contribution is -2.17. The average Bonchev–Trinajstić information content (AvgIpc) is 3.18. The molecule has 0 bridgehead atoms. The molecule has 0 unspecified atom stereocenters. The van der Waals surface area contributed by atoms with Crippen LogP contribution in [0.2, 0.25) is 5.02 Å². The number of rotatable bonds is 4. The molecule has 3 aromatic rings. The van der Waals surface area contributed by atoms with Crippen molar-refractivity contribution in [2.24, 2.45) is 4.99 Å². The molecule has 1 aromatic carbocycles. The fourth-order valence-corrected chi connectivity index (χ4v) is 3.87. The number of H-pyrrole nitrogens is 1. The third-order valence-electron chi connectivity index (χ3n) is 5.38. The van der Waals surface area contributed by atoms with Crippen molar-refractivity contribution in [2.75, 3.05) is 0 Å². The van der Waals surface area contributed by atoms with Crippen LogP contribution in [0, 0.1) is 0 Å². The Labute approximate surface area is 169 Å². The Morgan fingerprint density at radius 2 is 1.85 bits per heavy atom. The summed E-state index contributed by atoms with van der Waals surface area (Å²) in [5.41, 5.74) is 3.93. The molecule has 142 valence electrons. The first-order chi connectivity index (χ1) is 12.8. The molecular weight excluding hydrogens is 381 g/mol. The summed E-state index contributed by atoms with van der Waals surface area (Å²) in [6, 6.07) is 8.35. The SMILES string of the molecule is Cl.Clc1ccc(Cn2cnc(=NC3CCCC3)c3[nH]c(C4CC4)nc32)cc1. The first-order valence-corrected chi connectivity index (χ1v) is 9.87. The van der Waals surface area contributed by atoms with Crippen molar-refractivity contribution in [2.45, 2.75) is 57.0 Å². The lowest BCUT2D eigenvalue weighted by molar-refractivity contribution is 0.676. The van der Waals surface area contributed by atoms with E-state index in [9.17, 15) is 0 Å². The first-order valence-electron chi connectivity index (χ1n) is 9.49. The van der Waals surface area contributed by atoms with Crippen molar-refractivity contribution < 1.29 is 0 Å². The monoisotopic (exact) mass is 403 g/mol. The van der Waals surface area contributed by atoms with Gasteiger partial charge in [-0.05, 0) is 43.4 Å². The fraction of sp³-hybridized carbons (Fsp3) is 0.450. The summed E-state index contributed by atoms with van der Waals surface area (Å²) < 4.78 is 2.11. The molecule has 5 nitrogen and oxygen atoms in total. The number of hydrogen-bond acceptors (Lipinski definition) is 3. The summed E-state index contributed by atoms with van der Waals surface area (Å²) in [7, 11) is 0. The zero-order chi connectivity index (χ0) is 17.5. The van der Waals surface area contributed by atoms with E-state index in [0.29, 0.717) is 12.0 Å². The van der Waals surface area contributed by atoms with Gasteiger partial charge in [0.25, 0.3) is 0 Å². The van der Waals surface area contributed by atoms with E-state index in [-0.39, 0.29) is 12.4 Å². The molecule has 0 saturated heterocycles. The number of aromatic amines is 1. The second kappa shape index (κ2) is 7.64. The quantitative estimate of drug-likeness (QED) is 0.691. The van der Waals surface area contributed by atoms with Gasteiger partial charge in [-0.15, -0.1) is 12.4 Å². The van der Waals surface area contributed by atoms with Crippen LogP contribution in [0.4, 0.5) is 0 Å². The van der Waals surface area contributed by atoms with Crippen molar-refractivity contribution in [1.82, 2.24) is 19.5 Å². The summed E-state index contributed by atoms with van der Waals surface area (Å²) in [6.45, 7) is 0.722. The molecule has 2 aromatic heterocycles. The van der Waals surface area contributed by atoms with E-state index in [1.54, 1.807) is 0 Å². The van der Waals surface area contributed by atoms with Crippen LogP contribution in [0.3, 0.4) is 0 Å². The molecule has 2 aliphatic carbocycles.